The van der Waals surface area contributed by atoms with Crippen molar-refractivity contribution in [1.29, 1.82) is 0 Å². The Balaban J connectivity index is 1.80. The van der Waals surface area contributed by atoms with Crippen LogP contribution in [0.1, 0.15) is 35.5 Å². The van der Waals surface area contributed by atoms with Gasteiger partial charge in [-0.15, -0.1) is 0 Å². The minimum absolute atomic E-state index is 0.211. The normalized spacial score (nSPS) is 18.7. The van der Waals surface area contributed by atoms with Gasteiger partial charge in [0, 0.05) is 18.3 Å². The fourth-order valence-corrected chi connectivity index (χ4v) is 5.08. The first-order valence-electron chi connectivity index (χ1n) is 8.82. The third kappa shape index (κ3) is 4.04. The van der Waals surface area contributed by atoms with E-state index in [1.54, 1.807) is 12.1 Å². The summed E-state index contributed by atoms with van der Waals surface area (Å²) >= 11 is 0. The highest BCUT2D eigenvalue weighted by Gasteiger charge is 2.32. The second-order valence-electron chi connectivity index (χ2n) is 6.91. The number of hydrogen-bond donors (Lipinski definition) is 0. The highest BCUT2D eigenvalue weighted by atomic mass is 32.2. The second kappa shape index (κ2) is 7.32. The summed E-state index contributed by atoms with van der Waals surface area (Å²) in [7, 11) is -3.54. The number of aryl methyl sites for hydroxylation is 4. The zero-order valence-corrected chi connectivity index (χ0v) is 16.5. The van der Waals surface area contributed by atoms with Crippen molar-refractivity contribution in [2.75, 3.05) is 13.1 Å². The summed E-state index contributed by atoms with van der Waals surface area (Å²) in [6.45, 7) is 8.28. The summed E-state index contributed by atoms with van der Waals surface area (Å²) in [6.07, 6.45) is 1.36. The molecule has 140 valence electrons. The van der Waals surface area contributed by atoms with Crippen LogP contribution >= 0.6 is 0 Å². The summed E-state index contributed by atoms with van der Waals surface area (Å²) in [4.78, 5) is 8.92. The van der Waals surface area contributed by atoms with Crippen LogP contribution in [0.2, 0.25) is 0 Å². The van der Waals surface area contributed by atoms with Crippen LogP contribution in [0.25, 0.3) is 0 Å². The van der Waals surface area contributed by atoms with Crippen molar-refractivity contribution in [3.05, 3.63) is 46.9 Å². The number of rotatable bonds is 4. The molecule has 0 amide bonds. The van der Waals surface area contributed by atoms with Gasteiger partial charge in [-0.2, -0.15) is 9.29 Å². The molecule has 1 aliphatic rings. The molecular formula is C19H25N3O3S. The minimum atomic E-state index is -3.54. The average molecular weight is 375 g/mol. The number of nitrogens with zero attached hydrogens (tertiary/aromatic N) is 3. The van der Waals surface area contributed by atoms with Crippen LogP contribution in [0, 0.1) is 27.7 Å². The van der Waals surface area contributed by atoms with Gasteiger partial charge in [-0.25, -0.2) is 13.4 Å². The van der Waals surface area contributed by atoms with Crippen molar-refractivity contribution < 1.29 is 13.2 Å². The maximum Gasteiger partial charge on any atom is 0.243 e. The highest BCUT2D eigenvalue weighted by Crippen LogP contribution is 2.26. The molecule has 1 saturated heterocycles. The van der Waals surface area contributed by atoms with E-state index < -0.39 is 10.0 Å². The Kier molecular flexibility index (Phi) is 5.29. The summed E-state index contributed by atoms with van der Waals surface area (Å²) in [6, 6.07) is 7.31. The Hall–Kier alpha value is -1.99. The first-order chi connectivity index (χ1) is 12.3. The lowest BCUT2D eigenvalue weighted by molar-refractivity contribution is 0.124. The summed E-state index contributed by atoms with van der Waals surface area (Å²) in [5.41, 5.74) is 2.54. The molecule has 1 aliphatic heterocycles. The monoisotopic (exact) mass is 375 g/mol. The van der Waals surface area contributed by atoms with E-state index in [4.69, 9.17) is 4.74 Å². The quantitative estimate of drug-likeness (QED) is 0.821. The van der Waals surface area contributed by atoms with E-state index in [-0.39, 0.29) is 6.10 Å². The lowest BCUT2D eigenvalue weighted by Crippen LogP contribution is -2.44. The molecule has 2 heterocycles. The van der Waals surface area contributed by atoms with Crippen molar-refractivity contribution in [2.24, 2.45) is 0 Å². The van der Waals surface area contributed by atoms with Crippen LogP contribution in [0.4, 0.5) is 0 Å². The zero-order valence-electron chi connectivity index (χ0n) is 15.7. The van der Waals surface area contributed by atoms with E-state index >= 15 is 0 Å². The van der Waals surface area contributed by atoms with Crippen LogP contribution in [-0.2, 0) is 10.0 Å². The van der Waals surface area contributed by atoms with Gasteiger partial charge in [0.1, 0.15) is 11.9 Å². The third-order valence-corrected chi connectivity index (χ3v) is 6.54. The van der Waals surface area contributed by atoms with Gasteiger partial charge in [0.15, 0.2) is 0 Å². The Morgan fingerprint density at radius 2 is 1.88 bits per heavy atom. The van der Waals surface area contributed by atoms with E-state index in [1.807, 2.05) is 39.8 Å². The largest absolute Gasteiger partial charge is 0.473 e. The van der Waals surface area contributed by atoms with Gasteiger partial charge in [-0.05, 0) is 57.7 Å². The first kappa shape index (κ1) is 18.8. The molecule has 3 rings (SSSR count). The first-order valence-corrected chi connectivity index (χ1v) is 10.3. The van der Waals surface area contributed by atoms with Crippen molar-refractivity contribution in [3.8, 4) is 5.88 Å². The minimum Gasteiger partial charge on any atom is -0.473 e. The molecular weight excluding hydrogens is 350 g/mol. The Bertz CT molecular complexity index is 892. The molecule has 1 atom stereocenters. The zero-order chi connectivity index (χ0) is 18.9. The smallest absolute Gasteiger partial charge is 0.243 e. The Morgan fingerprint density at radius 3 is 2.62 bits per heavy atom. The number of sulfonamides is 1. The van der Waals surface area contributed by atoms with Crippen molar-refractivity contribution in [3.63, 3.8) is 0 Å². The van der Waals surface area contributed by atoms with Gasteiger partial charge >= 0.3 is 0 Å². The van der Waals surface area contributed by atoms with Gasteiger partial charge < -0.3 is 4.74 Å². The number of piperidine rings is 1. The summed E-state index contributed by atoms with van der Waals surface area (Å²) in [5, 5.41) is 0. The van der Waals surface area contributed by atoms with Crippen LogP contribution in [0.3, 0.4) is 0 Å². The van der Waals surface area contributed by atoms with Gasteiger partial charge in [-0.1, -0.05) is 12.1 Å². The van der Waals surface area contributed by atoms with Crippen LogP contribution in [-0.4, -0.2) is 41.9 Å². The average Bonchev–Trinajstić information content (AvgIpc) is 2.56. The van der Waals surface area contributed by atoms with Gasteiger partial charge in [0.05, 0.1) is 11.4 Å². The van der Waals surface area contributed by atoms with E-state index in [1.165, 1.54) is 4.31 Å². The van der Waals surface area contributed by atoms with Crippen LogP contribution in [0.5, 0.6) is 5.88 Å². The highest BCUT2D eigenvalue weighted by molar-refractivity contribution is 7.89. The van der Waals surface area contributed by atoms with Gasteiger partial charge in [-0.3, -0.25) is 0 Å². The lowest BCUT2D eigenvalue weighted by Gasteiger charge is -2.32. The van der Waals surface area contributed by atoms with Crippen LogP contribution in [0.15, 0.2) is 29.2 Å². The number of ether oxygens (including phenoxy) is 1. The second-order valence-corrected chi connectivity index (χ2v) is 8.82. The van der Waals surface area contributed by atoms with E-state index in [0.717, 1.165) is 29.7 Å². The van der Waals surface area contributed by atoms with E-state index in [9.17, 15) is 8.42 Å². The van der Waals surface area contributed by atoms with Crippen LogP contribution < -0.4 is 4.74 Å². The maximum atomic E-state index is 13.1. The standard InChI is InChI=1S/C19H25N3O3S/c1-13-7-8-14(2)18(10-13)26(23,24)22-9-5-6-17(12-22)25-19-11-15(3)20-16(4)21-19/h7-8,10-11,17H,5-6,9,12H2,1-4H3/t17-/m1/s1. The molecule has 7 heteroatoms. The molecule has 1 aromatic heterocycles. The predicted molar refractivity (Wildman–Crippen MR) is 99.8 cm³/mol. The molecule has 0 saturated carbocycles. The summed E-state index contributed by atoms with van der Waals surface area (Å²) < 4.78 is 33.7. The molecule has 6 nitrogen and oxygen atoms in total. The number of benzene rings is 1. The SMILES string of the molecule is Cc1ccc(C)c(S(=O)(=O)N2CCC[C@@H](Oc3cc(C)nc(C)n3)C2)c1. The third-order valence-electron chi connectivity index (χ3n) is 4.53. The van der Waals surface area contributed by atoms with E-state index in [2.05, 4.69) is 9.97 Å². The number of hydrogen-bond acceptors (Lipinski definition) is 5. The van der Waals surface area contributed by atoms with Gasteiger partial charge in [0.2, 0.25) is 15.9 Å². The lowest BCUT2D eigenvalue weighted by atomic mass is 10.1. The Morgan fingerprint density at radius 1 is 1.12 bits per heavy atom. The topological polar surface area (TPSA) is 72.4 Å². The van der Waals surface area contributed by atoms with Crippen molar-refractivity contribution in [2.45, 2.75) is 51.5 Å². The molecule has 0 aliphatic carbocycles. The van der Waals surface area contributed by atoms with Gasteiger partial charge in [0.25, 0.3) is 0 Å². The molecule has 0 N–H and O–H groups in total. The molecule has 26 heavy (non-hydrogen) atoms. The molecule has 1 aromatic carbocycles. The fraction of sp³-hybridized carbons (Fsp3) is 0.474. The maximum absolute atomic E-state index is 13.1. The fourth-order valence-electron chi connectivity index (χ4n) is 3.26. The predicted octanol–water partition coefficient (Wildman–Crippen LogP) is 2.94. The molecule has 2 aromatic rings. The molecule has 0 radical (unpaired) electrons. The molecule has 0 unspecified atom stereocenters. The molecule has 1 fully saturated rings. The molecule has 0 bridgehead atoms. The summed E-state index contributed by atoms with van der Waals surface area (Å²) in [5.74, 6) is 1.15. The van der Waals surface area contributed by atoms with E-state index in [0.29, 0.717) is 29.7 Å². The van der Waals surface area contributed by atoms with Crippen molar-refractivity contribution >= 4 is 10.0 Å². The van der Waals surface area contributed by atoms with Crippen molar-refractivity contribution in [1.82, 2.24) is 14.3 Å². The number of aromatic nitrogens is 2. The Labute approximate surface area is 155 Å². The molecule has 0 spiro atoms.